The van der Waals surface area contributed by atoms with E-state index in [2.05, 4.69) is 20.9 Å². The number of methoxy groups -OCH3 is 1. The predicted octanol–water partition coefficient (Wildman–Crippen LogP) is 4.06. The van der Waals surface area contributed by atoms with Gasteiger partial charge in [0.25, 0.3) is 0 Å². The number of ether oxygens (including phenoxy) is 1. The van der Waals surface area contributed by atoms with Crippen LogP contribution in [0.2, 0.25) is 5.02 Å². The van der Waals surface area contributed by atoms with Gasteiger partial charge >= 0.3 is 0 Å². The topological polar surface area (TPSA) is 98.6 Å². The summed E-state index contributed by atoms with van der Waals surface area (Å²) < 4.78 is 37.2. The molecule has 1 unspecified atom stereocenters. The normalized spacial score (nSPS) is 22.4. The fourth-order valence-corrected chi connectivity index (χ4v) is 7.67. The van der Waals surface area contributed by atoms with E-state index in [4.69, 9.17) is 22.1 Å². The Balaban J connectivity index is 1.63. The third kappa shape index (κ3) is 3.83. The number of guanidine groups is 1. The first-order valence-electron chi connectivity index (χ1n) is 10.4. The number of halogens is 2. The molecule has 2 atom stereocenters. The Morgan fingerprint density at radius 2 is 2.14 bits per heavy atom. The highest BCUT2D eigenvalue weighted by atomic mass is 35.5. The number of hydrogen-bond acceptors (Lipinski definition) is 7. The van der Waals surface area contributed by atoms with Crippen molar-refractivity contribution in [2.24, 2.45) is 10.7 Å². The van der Waals surface area contributed by atoms with E-state index in [1.165, 1.54) is 26.4 Å². The second-order valence-electron chi connectivity index (χ2n) is 8.43. The van der Waals surface area contributed by atoms with Gasteiger partial charge < -0.3 is 10.5 Å². The van der Waals surface area contributed by atoms with Crippen LogP contribution in [0.5, 0.6) is 5.75 Å². The zero-order valence-electron chi connectivity index (χ0n) is 19.2. The van der Waals surface area contributed by atoms with Crippen LogP contribution in [0.4, 0.5) is 4.39 Å². The molecule has 0 fully saturated rings. The summed E-state index contributed by atoms with van der Waals surface area (Å²) in [5, 5.41) is 5.35. The van der Waals surface area contributed by atoms with Gasteiger partial charge in [-0.15, -0.1) is 11.3 Å². The molecular weight excluding hydrogens is 511 g/mol. The first kappa shape index (κ1) is 23.6. The highest BCUT2D eigenvalue weighted by molar-refractivity contribution is 7.98. The molecule has 1 aliphatic heterocycles. The molecule has 0 radical (unpaired) electrons. The van der Waals surface area contributed by atoms with Crippen LogP contribution in [-0.2, 0) is 15.2 Å². The molecule has 182 valence electrons. The van der Waals surface area contributed by atoms with Crippen LogP contribution >= 0.6 is 22.9 Å². The maximum atomic E-state index is 15.3. The van der Waals surface area contributed by atoms with Crippen molar-refractivity contribution in [3.05, 3.63) is 58.6 Å². The summed E-state index contributed by atoms with van der Waals surface area (Å²) in [7, 11) is 0.457. The highest BCUT2D eigenvalue weighted by Gasteiger charge is 2.40. The molecule has 4 heterocycles. The largest absolute Gasteiger partial charge is 0.493 e. The van der Waals surface area contributed by atoms with Gasteiger partial charge in [0.15, 0.2) is 5.75 Å². The van der Waals surface area contributed by atoms with Crippen LogP contribution in [0.25, 0.3) is 27.0 Å². The highest BCUT2D eigenvalue weighted by Crippen LogP contribution is 2.47. The number of fused-ring (bicyclic) bond motifs is 1. The van der Waals surface area contributed by atoms with Gasteiger partial charge in [0, 0.05) is 30.3 Å². The first-order valence-corrected chi connectivity index (χ1v) is 13.5. The van der Waals surface area contributed by atoms with Crippen molar-refractivity contribution in [3.63, 3.8) is 0 Å². The number of aliphatic imine (C=N–C) groups is 1. The summed E-state index contributed by atoms with van der Waals surface area (Å²) in [5.74, 6) is 4.24. The maximum absolute atomic E-state index is 15.3. The number of benzene rings is 1. The molecule has 0 amide bonds. The average Bonchev–Trinajstić information content (AvgIpc) is 3.42. The van der Waals surface area contributed by atoms with Crippen LogP contribution in [0.1, 0.15) is 11.8 Å². The quantitative estimate of drug-likeness (QED) is 0.400. The van der Waals surface area contributed by atoms with E-state index in [0.717, 1.165) is 0 Å². The number of thiophene rings is 1. The van der Waals surface area contributed by atoms with Crippen LogP contribution in [-0.4, -0.2) is 55.0 Å². The Hall–Kier alpha value is -3.15. The van der Waals surface area contributed by atoms with Gasteiger partial charge in [-0.2, -0.15) is 5.10 Å². The van der Waals surface area contributed by atoms with Gasteiger partial charge in [0.1, 0.15) is 11.4 Å². The molecule has 2 N–H and O–H groups in total. The molecule has 8 nitrogen and oxygen atoms in total. The van der Waals surface area contributed by atoms with Crippen molar-refractivity contribution in [2.45, 2.75) is 12.5 Å². The summed E-state index contributed by atoms with van der Waals surface area (Å²) in [6.07, 6.45) is 4.80. The van der Waals surface area contributed by atoms with Crippen molar-refractivity contribution in [2.75, 3.05) is 19.9 Å². The minimum absolute atomic E-state index is 0.127. The SMILES string of the molecule is C=S1(=O)C[C@@](C)(c2sc3c(-c4ccc(-n5cc(OC)cn5)cc4F)nccc3c2Cl)N=C(N)N1C. The summed E-state index contributed by atoms with van der Waals surface area (Å²) in [6, 6.07) is 6.57. The fraction of sp³-hybridized carbons (Fsp3) is 0.217. The van der Waals surface area contributed by atoms with Crippen molar-refractivity contribution < 1.29 is 13.3 Å². The molecule has 0 spiro atoms. The zero-order valence-corrected chi connectivity index (χ0v) is 21.5. The van der Waals surface area contributed by atoms with Gasteiger partial charge in [0.2, 0.25) is 5.96 Å². The molecular formula is C23H22ClFN6O2S2. The number of hydrogen-bond donors (Lipinski definition) is 1. The van der Waals surface area contributed by atoms with E-state index in [9.17, 15) is 4.21 Å². The van der Waals surface area contributed by atoms with Gasteiger partial charge in [-0.3, -0.25) is 9.29 Å². The van der Waals surface area contributed by atoms with Crippen molar-refractivity contribution >= 4 is 54.6 Å². The summed E-state index contributed by atoms with van der Waals surface area (Å²) >= 11 is 8.15. The third-order valence-electron chi connectivity index (χ3n) is 5.99. The van der Waals surface area contributed by atoms with Crippen LogP contribution in [0.3, 0.4) is 0 Å². The van der Waals surface area contributed by atoms with Crippen molar-refractivity contribution in [3.8, 4) is 22.7 Å². The third-order valence-corrected chi connectivity index (χ3v) is 10.2. The number of nitrogens with two attached hydrogens (primary N) is 1. The second-order valence-corrected chi connectivity index (χ2v) is 12.2. The lowest BCUT2D eigenvalue weighted by molar-refractivity contribution is 0.414. The number of aromatic nitrogens is 3. The molecule has 12 heteroatoms. The van der Waals surface area contributed by atoms with Crippen LogP contribution in [0, 0.1) is 5.82 Å². The number of nitrogens with zero attached hydrogens (tertiary/aromatic N) is 5. The van der Waals surface area contributed by atoms with E-state index in [-0.39, 0.29) is 11.7 Å². The molecule has 0 bridgehead atoms. The van der Waals surface area contributed by atoms with Crippen molar-refractivity contribution in [1.29, 1.82) is 0 Å². The predicted molar refractivity (Wildman–Crippen MR) is 141 cm³/mol. The smallest absolute Gasteiger partial charge is 0.203 e. The minimum atomic E-state index is -2.69. The fourth-order valence-electron chi connectivity index (χ4n) is 4.10. The molecule has 3 aromatic heterocycles. The van der Waals surface area contributed by atoms with Crippen molar-refractivity contribution in [1.82, 2.24) is 19.1 Å². The van der Waals surface area contributed by atoms with Gasteiger partial charge in [-0.25, -0.2) is 18.3 Å². The van der Waals surface area contributed by atoms with E-state index < -0.39 is 21.1 Å². The Kier molecular flexibility index (Phi) is 5.53. The number of rotatable bonds is 4. The average molecular weight is 533 g/mol. The molecule has 1 aliphatic rings. The molecule has 1 aromatic carbocycles. The Labute approximate surface area is 211 Å². The Bertz CT molecular complexity index is 1610. The number of pyridine rings is 1. The lowest BCUT2D eigenvalue weighted by Gasteiger charge is -2.36. The monoisotopic (exact) mass is 532 g/mol. The van der Waals surface area contributed by atoms with Gasteiger partial charge in [0.05, 0.1) is 60.9 Å². The van der Waals surface area contributed by atoms with E-state index in [1.807, 2.05) is 6.92 Å². The molecule has 0 aliphatic carbocycles. The lowest BCUT2D eigenvalue weighted by atomic mass is 10.0. The molecule has 35 heavy (non-hydrogen) atoms. The van der Waals surface area contributed by atoms with E-state index in [1.54, 1.807) is 50.9 Å². The lowest BCUT2D eigenvalue weighted by Crippen LogP contribution is -2.50. The summed E-state index contributed by atoms with van der Waals surface area (Å²) in [4.78, 5) is 9.75. The van der Waals surface area contributed by atoms with Crippen LogP contribution < -0.4 is 10.5 Å². The minimum Gasteiger partial charge on any atom is -0.493 e. The standard InChI is InChI=1S/C23H22ClFN6O2S2/c1-23(12-35(4,32)30(2)22(26)29-23)21-18(24)16-7-8-27-19(20(16)34-21)15-6-5-13(9-17(15)25)31-11-14(33-3)10-28-31/h5-11H,4,12H2,1-3H3,(H2,26,29)/t23-,35?/m0/s1. The summed E-state index contributed by atoms with van der Waals surface area (Å²) in [5.41, 5.74) is 6.43. The first-order chi connectivity index (χ1) is 16.5. The summed E-state index contributed by atoms with van der Waals surface area (Å²) in [6.45, 7) is 1.83. The Morgan fingerprint density at radius 1 is 1.37 bits per heavy atom. The van der Waals surface area contributed by atoms with E-state index >= 15 is 4.39 Å². The molecule has 0 saturated carbocycles. The van der Waals surface area contributed by atoms with E-state index in [0.29, 0.717) is 42.7 Å². The maximum Gasteiger partial charge on any atom is 0.203 e. The second kappa shape index (κ2) is 8.21. The molecule has 5 rings (SSSR count). The van der Waals surface area contributed by atoms with Gasteiger partial charge in [-0.05, 0) is 31.0 Å². The molecule has 4 aromatic rings. The van der Waals surface area contributed by atoms with Crippen LogP contribution in [0.15, 0.2) is 47.8 Å². The Morgan fingerprint density at radius 3 is 2.80 bits per heavy atom. The zero-order chi connectivity index (χ0) is 25.1. The van der Waals surface area contributed by atoms with Gasteiger partial charge in [-0.1, -0.05) is 11.6 Å². The molecule has 0 saturated heterocycles.